The van der Waals surface area contributed by atoms with Crippen molar-refractivity contribution in [2.45, 2.75) is 92.3 Å². The van der Waals surface area contributed by atoms with Crippen LogP contribution in [0.5, 0.6) is 23.0 Å². The first-order valence-corrected chi connectivity index (χ1v) is 18.0. The standard InChI is InChI=1S/2C19H30O5/c2*1-3-5-7-20-8-9-21-10-11-22-14-17-13-19-18(23-15-24-19)12-16(17)6-4-2/h2*12-13H,3-11,14-15H2,1-2H3. The number of fused-ring (bicyclic) bond motifs is 2. The second-order valence-corrected chi connectivity index (χ2v) is 11.7. The molecule has 2 aliphatic heterocycles. The van der Waals surface area contributed by atoms with E-state index < -0.39 is 0 Å². The Bertz CT molecular complexity index is 1040. The van der Waals surface area contributed by atoms with Gasteiger partial charge in [0.1, 0.15) is 0 Å². The summed E-state index contributed by atoms with van der Waals surface area (Å²) in [5.41, 5.74) is 4.88. The fourth-order valence-corrected chi connectivity index (χ4v) is 5.06. The van der Waals surface area contributed by atoms with Crippen LogP contribution in [-0.4, -0.2) is 79.7 Å². The Kier molecular flexibility index (Phi) is 21.1. The second-order valence-electron chi connectivity index (χ2n) is 11.7. The smallest absolute Gasteiger partial charge is 0.231 e. The van der Waals surface area contributed by atoms with E-state index in [-0.39, 0.29) is 0 Å². The van der Waals surface area contributed by atoms with E-state index in [1.54, 1.807) is 0 Å². The van der Waals surface area contributed by atoms with Crippen molar-refractivity contribution in [3.63, 3.8) is 0 Å². The molecular formula is C38H60O10. The molecule has 0 atom stereocenters. The third-order valence-corrected chi connectivity index (χ3v) is 7.72. The summed E-state index contributed by atoms with van der Waals surface area (Å²) in [6, 6.07) is 8.23. The molecule has 2 aliphatic rings. The van der Waals surface area contributed by atoms with E-state index in [0.717, 1.165) is 87.6 Å². The lowest BCUT2D eigenvalue weighted by Crippen LogP contribution is -2.10. The molecule has 0 saturated heterocycles. The van der Waals surface area contributed by atoms with Gasteiger partial charge in [-0.1, -0.05) is 53.4 Å². The highest BCUT2D eigenvalue weighted by Gasteiger charge is 2.18. The van der Waals surface area contributed by atoms with Crippen LogP contribution in [0.4, 0.5) is 0 Å². The van der Waals surface area contributed by atoms with Gasteiger partial charge in [0.05, 0.1) is 66.1 Å². The Morgan fingerprint density at radius 3 is 1.04 bits per heavy atom. The summed E-state index contributed by atoms with van der Waals surface area (Å²) < 4.78 is 55.2. The zero-order valence-electron chi connectivity index (χ0n) is 29.9. The Balaban J connectivity index is 0.000000260. The monoisotopic (exact) mass is 676 g/mol. The maximum absolute atomic E-state index is 5.75. The summed E-state index contributed by atoms with van der Waals surface area (Å²) >= 11 is 0. The van der Waals surface area contributed by atoms with Gasteiger partial charge in [-0.2, -0.15) is 0 Å². The molecule has 272 valence electrons. The molecule has 0 fully saturated rings. The maximum Gasteiger partial charge on any atom is 0.231 e. The van der Waals surface area contributed by atoms with Crippen molar-refractivity contribution in [1.82, 2.24) is 0 Å². The summed E-state index contributed by atoms with van der Waals surface area (Å²) in [5.74, 6) is 3.31. The topological polar surface area (TPSA) is 92.3 Å². The van der Waals surface area contributed by atoms with Crippen LogP contribution < -0.4 is 18.9 Å². The van der Waals surface area contributed by atoms with E-state index in [4.69, 9.17) is 47.4 Å². The highest BCUT2D eigenvalue weighted by molar-refractivity contribution is 5.49. The first-order chi connectivity index (χ1) is 23.7. The van der Waals surface area contributed by atoms with Crippen LogP contribution in [0.15, 0.2) is 24.3 Å². The molecule has 48 heavy (non-hydrogen) atoms. The number of hydrogen-bond donors (Lipinski definition) is 0. The largest absolute Gasteiger partial charge is 0.454 e. The quantitative estimate of drug-likeness (QED) is 0.0937. The summed E-state index contributed by atoms with van der Waals surface area (Å²) in [7, 11) is 0. The number of ether oxygens (including phenoxy) is 10. The first kappa shape index (κ1) is 39.8. The third kappa shape index (κ3) is 15.3. The molecule has 2 heterocycles. The number of hydrogen-bond acceptors (Lipinski definition) is 10. The van der Waals surface area contributed by atoms with Crippen LogP contribution in [-0.2, 0) is 54.5 Å². The van der Waals surface area contributed by atoms with Crippen LogP contribution >= 0.6 is 0 Å². The van der Waals surface area contributed by atoms with Crippen LogP contribution in [0, 0.1) is 0 Å². The molecule has 10 heteroatoms. The van der Waals surface area contributed by atoms with Crippen LogP contribution in [0.25, 0.3) is 0 Å². The van der Waals surface area contributed by atoms with Crippen molar-refractivity contribution >= 4 is 0 Å². The second kappa shape index (κ2) is 25.4. The third-order valence-electron chi connectivity index (χ3n) is 7.72. The molecule has 0 radical (unpaired) electrons. The summed E-state index contributed by atoms with van der Waals surface area (Å²) in [5, 5.41) is 0. The number of benzene rings is 2. The normalized spacial score (nSPS) is 12.8. The van der Waals surface area contributed by atoms with Gasteiger partial charge in [0.2, 0.25) is 13.6 Å². The zero-order chi connectivity index (χ0) is 34.1. The molecule has 0 aromatic heterocycles. The molecule has 0 amide bonds. The van der Waals surface area contributed by atoms with Crippen molar-refractivity contribution in [3.8, 4) is 23.0 Å². The SMILES string of the molecule is CCCCOCCOCCOCc1cc2c(cc1CCC)OCO2.CCCCOCCOCCOCc1cc2c(cc1CCC)OCO2. The minimum Gasteiger partial charge on any atom is -0.454 e. The maximum atomic E-state index is 5.75. The summed E-state index contributed by atoms with van der Waals surface area (Å²) in [4.78, 5) is 0. The van der Waals surface area contributed by atoms with Crippen molar-refractivity contribution in [1.29, 1.82) is 0 Å². The molecule has 4 rings (SSSR count). The molecule has 10 nitrogen and oxygen atoms in total. The fraction of sp³-hybridized carbons (Fsp3) is 0.684. The number of aryl methyl sites for hydroxylation is 2. The Hall–Kier alpha value is -2.60. The molecular weight excluding hydrogens is 616 g/mol. The molecule has 0 spiro atoms. The molecule has 0 unspecified atom stereocenters. The lowest BCUT2D eigenvalue weighted by Gasteiger charge is -2.11. The Labute approximate surface area is 288 Å². The van der Waals surface area contributed by atoms with Gasteiger partial charge < -0.3 is 47.4 Å². The van der Waals surface area contributed by atoms with E-state index in [1.807, 2.05) is 12.1 Å². The van der Waals surface area contributed by atoms with Gasteiger partial charge in [-0.25, -0.2) is 0 Å². The van der Waals surface area contributed by atoms with Crippen LogP contribution in [0.2, 0.25) is 0 Å². The zero-order valence-corrected chi connectivity index (χ0v) is 29.9. The molecule has 0 bridgehead atoms. The Morgan fingerprint density at radius 2 is 0.708 bits per heavy atom. The molecule has 2 aromatic rings. The average molecular weight is 677 g/mol. The number of unbranched alkanes of at least 4 members (excludes halogenated alkanes) is 2. The number of rotatable bonds is 26. The van der Waals surface area contributed by atoms with E-state index in [2.05, 4.69) is 39.8 Å². The van der Waals surface area contributed by atoms with E-state index in [1.165, 1.54) is 22.3 Å². The van der Waals surface area contributed by atoms with Crippen molar-refractivity contribution < 1.29 is 47.4 Å². The predicted octanol–water partition coefficient (Wildman–Crippen LogP) is 7.44. The van der Waals surface area contributed by atoms with Gasteiger partial charge in [-0.3, -0.25) is 0 Å². The minimum atomic E-state index is 0.305. The van der Waals surface area contributed by atoms with Crippen LogP contribution in [0.1, 0.15) is 88.5 Å². The van der Waals surface area contributed by atoms with Crippen molar-refractivity contribution in [2.75, 3.05) is 79.7 Å². The Morgan fingerprint density at radius 1 is 0.396 bits per heavy atom. The molecule has 2 aromatic carbocycles. The van der Waals surface area contributed by atoms with Gasteiger partial charge in [-0.05, 0) is 72.2 Å². The average Bonchev–Trinajstić information content (AvgIpc) is 3.76. The molecule has 0 saturated carbocycles. The minimum absolute atomic E-state index is 0.305. The summed E-state index contributed by atoms with van der Waals surface area (Å²) in [6.07, 6.45) is 8.75. The fourth-order valence-electron chi connectivity index (χ4n) is 5.06. The lowest BCUT2D eigenvalue weighted by atomic mass is 10.0. The van der Waals surface area contributed by atoms with Gasteiger partial charge in [0.15, 0.2) is 23.0 Å². The van der Waals surface area contributed by atoms with E-state index in [0.29, 0.717) is 79.7 Å². The summed E-state index contributed by atoms with van der Waals surface area (Å²) in [6.45, 7) is 16.9. The predicted molar refractivity (Wildman–Crippen MR) is 186 cm³/mol. The highest BCUT2D eigenvalue weighted by atomic mass is 16.7. The van der Waals surface area contributed by atoms with Gasteiger partial charge in [0.25, 0.3) is 0 Å². The van der Waals surface area contributed by atoms with Gasteiger partial charge >= 0.3 is 0 Å². The first-order valence-electron chi connectivity index (χ1n) is 18.0. The van der Waals surface area contributed by atoms with E-state index >= 15 is 0 Å². The lowest BCUT2D eigenvalue weighted by molar-refractivity contribution is 0.0101. The van der Waals surface area contributed by atoms with E-state index in [9.17, 15) is 0 Å². The van der Waals surface area contributed by atoms with Crippen LogP contribution in [0.3, 0.4) is 0 Å². The molecule has 0 aliphatic carbocycles. The van der Waals surface area contributed by atoms with Crippen molar-refractivity contribution in [2.24, 2.45) is 0 Å². The van der Waals surface area contributed by atoms with Gasteiger partial charge in [0, 0.05) is 13.2 Å². The highest BCUT2D eigenvalue weighted by Crippen LogP contribution is 2.36. The van der Waals surface area contributed by atoms with Gasteiger partial charge in [-0.15, -0.1) is 0 Å². The van der Waals surface area contributed by atoms with Crippen molar-refractivity contribution in [3.05, 3.63) is 46.5 Å². The molecule has 0 N–H and O–H groups in total.